The van der Waals surface area contributed by atoms with Crippen LogP contribution >= 0.6 is 11.6 Å². The molecule has 0 radical (unpaired) electrons. The number of aryl methyl sites for hydroxylation is 1. The van der Waals surface area contributed by atoms with Crippen LogP contribution in [0.5, 0.6) is 5.75 Å². The van der Waals surface area contributed by atoms with Crippen LogP contribution in [0.3, 0.4) is 0 Å². The van der Waals surface area contributed by atoms with E-state index in [0.29, 0.717) is 16.7 Å². The van der Waals surface area contributed by atoms with Crippen molar-refractivity contribution in [3.8, 4) is 5.75 Å². The minimum atomic E-state index is 0.308. The van der Waals surface area contributed by atoms with Gasteiger partial charge in [0, 0.05) is 12.7 Å². The summed E-state index contributed by atoms with van der Waals surface area (Å²) < 4.78 is 5.26. The number of para-hydroxylation sites is 1. The van der Waals surface area contributed by atoms with Gasteiger partial charge in [0.2, 0.25) is 0 Å². The number of rotatable bonds is 3. The lowest BCUT2D eigenvalue weighted by Gasteiger charge is -2.22. The second kappa shape index (κ2) is 5.23. The minimum Gasteiger partial charge on any atom is -0.490 e. The molecule has 0 spiro atoms. The minimum absolute atomic E-state index is 0.308. The van der Waals surface area contributed by atoms with Gasteiger partial charge in [-0.3, -0.25) is 0 Å². The first-order valence-corrected chi connectivity index (χ1v) is 5.86. The van der Waals surface area contributed by atoms with Crippen LogP contribution in [0.25, 0.3) is 0 Å². The Kier molecular flexibility index (Phi) is 3.67. The van der Waals surface area contributed by atoms with Gasteiger partial charge >= 0.3 is 0 Å². The van der Waals surface area contributed by atoms with Gasteiger partial charge < -0.3 is 9.64 Å². The van der Waals surface area contributed by atoms with Crippen LogP contribution in [0.4, 0.5) is 11.5 Å². The molecule has 1 heterocycles. The molecule has 1 aromatic carbocycles. The summed E-state index contributed by atoms with van der Waals surface area (Å²) in [5, 5.41) is 0.308. The SMILES string of the molecule is COc1c(Cl)ncnc1N(C)c1ccccc1C. The molecule has 2 rings (SSSR count). The number of anilines is 2. The fourth-order valence-corrected chi connectivity index (χ4v) is 2.02. The summed E-state index contributed by atoms with van der Waals surface area (Å²) >= 11 is 6.00. The fraction of sp³-hybridized carbons (Fsp3) is 0.231. The first-order valence-electron chi connectivity index (χ1n) is 5.49. The Balaban J connectivity index is 2.50. The summed E-state index contributed by atoms with van der Waals surface area (Å²) in [6, 6.07) is 8.04. The van der Waals surface area contributed by atoms with E-state index in [1.807, 2.05) is 43.1 Å². The molecule has 0 unspecified atom stereocenters. The van der Waals surface area contributed by atoms with Crippen LogP contribution in [-0.2, 0) is 0 Å². The molecule has 0 aliphatic carbocycles. The Bertz CT molecular complexity index is 560. The summed E-state index contributed by atoms with van der Waals surface area (Å²) in [5.41, 5.74) is 2.20. The van der Waals surface area contributed by atoms with E-state index in [1.165, 1.54) is 6.33 Å². The molecule has 0 atom stereocenters. The summed E-state index contributed by atoms with van der Waals surface area (Å²) in [6.07, 6.45) is 1.43. The van der Waals surface area contributed by atoms with Crippen molar-refractivity contribution in [2.45, 2.75) is 6.92 Å². The Labute approximate surface area is 111 Å². The quantitative estimate of drug-likeness (QED) is 0.797. The smallest absolute Gasteiger partial charge is 0.199 e. The average molecular weight is 264 g/mol. The summed E-state index contributed by atoms with van der Waals surface area (Å²) in [7, 11) is 3.48. The zero-order valence-corrected chi connectivity index (χ0v) is 11.3. The Morgan fingerprint density at radius 3 is 2.61 bits per heavy atom. The van der Waals surface area contributed by atoms with Gasteiger partial charge in [0.1, 0.15) is 6.33 Å². The largest absolute Gasteiger partial charge is 0.490 e. The summed E-state index contributed by atoms with van der Waals surface area (Å²) in [4.78, 5) is 10.1. The Hall–Kier alpha value is -1.81. The van der Waals surface area contributed by atoms with E-state index in [9.17, 15) is 0 Å². The first kappa shape index (κ1) is 12.6. The van der Waals surface area contributed by atoms with Gasteiger partial charge in [-0.15, -0.1) is 0 Å². The number of hydrogen-bond donors (Lipinski definition) is 0. The highest BCUT2D eigenvalue weighted by Gasteiger charge is 2.16. The average Bonchev–Trinajstić information content (AvgIpc) is 2.38. The zero-order valence-electron chi connectivity index (χ0n) is 10.5. The number of aromatic nitrogens is 2. The molecule has 94 valence electrons. The highest BCUT2D eigenvalue weighted by molar-refractivity contribution is 6.31. The standard InChI is InChI=1S/C13H14ClN3O/c1-9-6-4-5-7-10(9)17(2)13-11(18-3)12(14)15-8-16-13/h4-8H,1-3H3. The third-order valence-corrected chi connectivity index (χ3v) is 3.01. The second-order valence-corrected chi connectivity index (χ2v) is 4.22. The molecule has 1 aromatic heterocycles. The van der Waals surface area contributed by atoms with Crippen molar-refractivity contribution in [2.24, 2.45) is 0 Å². The van der Waals surface area contributed by atoms with Crippen LogP contribution in [0, 0.1) is 6.92 Å². The molecular formula is C13H14ClN3O. The maximum Gasteiger partial charge on any atom is 0.199 e. The predicted octanol–water partition coefficient (Wildman–Crippen LogP) is 3.21. The van der Waals surface area contributed by atoms with Crippen LogP contribution in [0.1, 0.15) is 5.56 Å². The number of benzene rings is 1. The van der Waals surface area contributed by atoms with Crippen LogP contribution < -0.4 is 9.64 Å². The third-order valence-electron chi connectivity index (χ3n) is 2.74. The molecule has 0 fully saturated rings. The Morgan fingerprint density at radius 2 is 1.94 bits per heavy atom. The molecule has 4 nitrogen and oxygen atoms in total. The van der Waals surface area contributed by atoms with Gasteiger partial charge in [0.15, 0.2) is 16.7 Å². The lowest BCUT2D eigenvalue weighted by molar-refractivity contribution is 0.412. The number of methoxy groups -OCH3 is 1. The number of ether oxygens (including phenoxy) is 1. The molecule has 18 heavy (non-hydrogen) atoms. The highest BCUT2D eigenvalue weighted by atomic mass is 35.5. The predicted molar refractivity (Wildman–Crippen MR) is 72.8 cm³/mol. The van der Waals surface area contributed by atoms with Crippen molar-refractivity contribution in [2.75, 3.05) is 19.1 Å². The van der Waals surface area contributed by atoms with E-state index < -0.39 is 0 Å². The van der Waals surface area contributed by atoms with Crippen molar-refractivity contribution in [3.63, 3.8) is 0 Å². The van der Waals surface area contributed by atoms with Gasteiger partial charge in [-0.1, -0.05) is 29.8 Å². The van der Waals surface area contributed by atoms with E-state index >= 15 is 0 Å². The monoisotopic (exact) mass is 263 g/mol. The van der Waals surface area contributed by atoms with Crippen molar-refractivity contribution in [3.05, 3.63) is 41.3 Å². The molecule has 0 aliphatic heterocycles. The number of hydrogen-bond acceptors (Lipinski definition) is 4. The molecule has 0 saturated heterocycles. The van der Waals surface area contributed by atoms with E-state index in [-0.39, 0.29) is 0 Å². The molecule has 0 saturated carbocycles. The summed E-state index contributed by atoms with van der Waals surface area (Å²) in [5.74, 6) is 1.12. The van der Waals surface area contributed by atoms with Gasteiger partial charge in [0.25, 0.3) is 0 Å². The maximum atomic E-state index is 6.00. The van der Waals surface area contributed by atoms with E-state index in [0.717, 1.165) is 11.3 Å². The van der Waals surface area contributed by atoms with Gasteiger partial charge in [-0.25, -0.2) is 9.97 Å². The molecule has 2 aromatic rings. The number of halogens is 1. The van der Waals surface area contributed by atoms with Crippen molar-refractivity contribution >= 4 is 23.1 Å². The van der Waals surface area contributed by atoms with Crippen LogP contribution in [0.2, 0.25) is 5.15 Å². The Morgan fingerprint density at radius 1 is 1.22 bits per heavy atom. The van der Waals surface area contributed by atoms with Crippen LogP contribution in [0.15, 0.2) is 30.6 Å². The number of nitrogens with zero attached hydrogens (tertiary/aromatic N) is 3. The van der Waals surface area contributed by atoms with Crippen molar-refractivity contribution in [1.29, 1.82) is 0 Å². The molecule has 0 aliphatic rings. The van der Waals surface area contributed by atoms with Crippen molar-refractivity contribution in [1.82, 2.24) is 9.97 Å². The maximum absolute atomic E-state index is 6.00. The van der Waals surface area contributed by atoms with E-state index in [1.54, 1.807) is 7.11 Å². The highest BCUT2D eigenvalue weighted by Crippen LogP contribution is 2.35. The molecule has 0 amide bonds. The zero-order chi connectivity index (χ0) is 13.1. The fourth-order valence-electron chi connectivity index (χ4n) is 1.81. The third kappa shape index (κ3) is 2.24. The lowest BCUT2D eigenvalue weighted by Crippen LogP contribution is -2.14. The van der Waals surface area contributed by atoms with E-state index in [4.69, 9.17) is 16.3 Å². The van der Waals surface area contributed by atoms with Crippen LogP contribution in [-0.4, -0.2) is 24.1 Å². The first-order chi connectivity index (χ1) is 8.65. The topological polar surface area (TPSA) is 38.3 Å². The van der Waals surface area contributed by atoms with E-state index in [2.05, 4.69) is 9.97 Å². The van der Waals surface area contributed by atoms with Gasteiger partial charge in [-0.2, -0.15) is 0 Å². The second-order valence-electron chi connectivity index (χ2n) is 3.87. The molecule has 0 N–H and O–H groups in total. The van der Waals surface area contributed by atoms with Gasteiger partial charge in [0.05, 0.1) is 7.11 Å². The summed E-state index contributed by atoms with van der Waals surface area (Å²) in [6.45, 7) is 2.04. The normalized spacial score (nSPS) is 10.2. The van der Waals surface area contributed by atoms with Crippen molar-refractivity contribution < 1.29 is 4.74 Å². The lowest BCUT2D eigenvalue weighted by atomic mass is 10.2. The molecular weight excluding hydrogens is 250 g/mol. The molecule has 0 bridgehead atoms. The van der Waals surface area contributed by atoms with Gasteiger partial charge in [-0.05, 0) is 18.6 Å². The molecule has 5 heteroatoms.